The summed E-state index contributed by atoms with van der Waals surface area (Å²) in [5.74, 6) is 0. The fourth-order valence-electron chi connectivity index (χ4n) is 4.05. The van der Waals surface area contributed by atoms with E-state index in [0.717, 1.165) is 17.7 Å². The molecule has 32 heavy (non-hydrogen) atoms. The Morgan fingerprint density at radius 2 is 1.44 bits per heavy atom. The maximum absolute atomic E-state index is 12.8. The molecule has 4 nitrogen and oxygen atoms in total. The van der Waals surface area contributed by atoms with Crippen molar-refractivity contribution < 1.29 is 0 Å². The molecule has 0 unspecified atom stereocenters. The summed E-state index contributed by atoms with van der Waals surface area (Å²) in [7, 11) is 0. The first-order valence-electron chi connectivity index (χ1n) is 12.2. The van der Waals surface area contributed by atoms with Crippen molar-refractivity contribution in [3.05, 3.63) is 81.5 Å². The van der Waals surface area contributed by atoms with Gasteiger partial charge < -0.3 is 0 Å². The standard InChI is InChI=1S/C27H36ClN3O/c1-2-3-4-5-6-7-8-9-10-11-14-23-17-19-25(20-18-23)30-22-29-31(27(30)32)21-24-15-12-13-16-26(24)28/h12-13,15-20,22H,2-11,14,21H2,1H3. The van der Waals surface area contributed by atoms with Gasteiger partial charge in [-0.25, -0.2) is 14.0 Å². The molecule has 0 radical (unpaired) electrons. The number of nitrogens with zero attached hydrogens (tertiary/aromatic N) is 3. The number of benzene rings is 2. The van der Waals surface area contributed by atoms with Crippen LogP contribution in [0.1, 0.15) is 82.3 Å². The molecule has 0 atom stereocenters. The molecule has 5 heteroatoms. The molecule has 0 N–H and O–H groups in total. The first-order valence-corrected chi connectivity index (χ1v) is 12.5. The van der Waals surface area contributed by atoms with Crippen LogP contribution in [-0.2, 0) is 13.0 Å². The summed E-state index contributed by atoms with van der Waals surface area (Å²) in [5, 5.41) is 4.91. The molecule has 3 aromatic rings. The zero-order valence-corrected chi connectivity index (χ0v) is 20.1. The minimum Gasteiger partial charge on any atom is -0.250 e. The van der Waals surface area contributed by atoms with Crippen LogP contribution in [0, 0.1) is 0 Å². The van der Waals surface area contributed by atoms with E-state index in [2.05, 4.69) is 24.2 Å². The second kappa shape index (κ2) is 13.3. The van der Waals surface area contributed by atoms with Gasteiger partial charge in [0, 0.05) is 5.02 Å². The van der Waals surface area contributed by atoms with Gasteiger partial charge in [0.05, 0.1) is 12.2 Å². The first-order chi connectivity index (χ1) is 15.7. The van der Waals surface area contributed by atoms with Crippen molar-refractivity contribution >= 4 is 11.6 Å². The van der Waals surface area contributed by atoms with Crippen molar-refractivity contribution in [2.75, 3.05) is 0 Å². The van der Waals surface area contributed by atoms with Crippen LogP contribution < -0.4 is 5.69 Å². The Labute approximate surface area is 197 Å². The van der Waals surface area contributed by atoms with E-state index in [1.807, 2.05) is 36.4 Å². The van der Waals surface area contributed by atoms with Crippen LogP contribution >= 0.6 is 11.6 Å². The van der Waals surface area contributed by atoms with E-state index in [4.69, 9.17) is 11.6 Å². The molecule has 3 rings (SSSR count). The second-order valence-electron chi connectivity index (χ2n) is 8.63. The molecule has 1 aromatic heterocycles. The third-order valence-corrected chi connectivity index (χ3v) is 6.41. The molecule has 0 aliphatic heterocycles. The maximum atomic E-state index is 12.8. The molecule has 0 fully saturated rings. The Morgan fingerprint density at radius 3 is 2.09 bits per heavy atom. The summed E-state index contributed by atoms with van der Waals surface area (Å²) in [6, 6.07) is 15.8. The monoisotopic (exact) mass is 453 g/mol. The SMILES string of the molecule is CCCCCCCCCCCCc1ccc(-n2cnn(Cc3ccccc3Cl)c2=O)cc1. The molecule has 0 amide bonds. The molecular formula is C27H36ClN3O. The molecule has 172 valence electrons. The summed E-state index contributed by atoms with van der Waals surface area (Å²) >= 11 is 6.22. The van der Waals surface area contributed by atoms with Gasteiger partial charge in [0.1, 0.15) is 6.33 Å². The van der Waals surface area contributed by atoms with Crippen LogP contribution in [0.4, 0.5) is 0 Å². The van der Waals surface area contributed by atoms with Crippen molar-refractivity contribution in [3.63, 3.8) is 0 Å². The Balaban J connectivity index is 1.42. The molecule has 0 aliphatic rings. The fraction of sp³-hybridized carbons (Fsp3) is 0.481. The molecule has 0 aliphatic carbocycles. The smallest absolute Gasteiger partial charge is 0.250 e. The maximum Gasteiger partial charge on any atom is 0.350 e. The highest BCUT2D eigenvalue weighted by molar-refractivity contribution is 6.31. The first kappa shape index (κ1) is 24.3. The predicted molar refractivity (Wildman–Crippen MR) is 134 cm³/mol. The molecule has 0 saturated heterocycles. The number of halogens is 1. The topological polar surface area (TPSA) is 39.8 Å². The lowest BCUT2D eigenvalue weighted by molar-refractivity contribution is 0.556. The fourth-order valence-corrected chi connectivity index (χ4v) is 4.25. The van der Waals surface area contributed by atoms with E-state index in [0.29, 0.717) is 11.6 Å². The highest BCUT2D eigenvalue weighted by Gasteiger charge is 2.09. The van der Waals surface area contributed by atoms with Crippen molar-refractivity contribution in [1.82, 2.24) is 14.3 Å². The number of hydrogen-bond acceptors (Lipinski definition) is 2. The Hall–Kier alpha value is -2.33. The van der Waals surface area contributed by atoms with E-state index < -0.39 is 0 Å². The molecular weight excluding hydrogens is 418 g/mol. The summed E-state index contributed by atoms with van der Waals surface area (Å²) < 4.78 is 3.03. The summed E-state index contributed by atoms with van der Waals surface area (Å²) in [5.41, 5.74) is 2.89. The molecule has 2 aromatic carbocycles. The largest absolute Gasteiger partial charge is 0.350 e. The van der Waals surface area contributed by atoms with Crippen LogP contribution in [0.15, 0.2) is 59.7 Å². The van der Waals surface area contributed by atoms with Gasteiger partial charge in [0.2, 0.25) is 0 Å². The predicted octanol–water partition coefficient (Wildman–Crippen LogP) is 7.20. The van der Waals surface area contributed by atoms with Crippen LogP contribution in [0.3, 0.4) is 0 Å². The summed E-state index contributed by atoms with van der Waals surface area (Å²) in [4.78, 5) is 12.8. The van der Waals surface area contributed by atoms with Gasteiger partial charge in [0.15, 0.2) is 0 Å². The van der Waals surface area contributed by atoms with Crippen molar-refractivity contribution in [1.29, 1.82) is 0 Å². The number of aromatic nitrogens is 3. The second-order valence-corrected chi connectivity index (χ2v) is 9.04. The molecule has 0 saturated carbocycles. The van der Waals surface area contributed by atoms with Gasteiger partial charge in [-0.15, -0.1) is 0 Å². The lowest BCUT2D eigenvalue weighted by Crippen LogP contribution is -2.24. The van der Waals surface area contributed by atoms with Crippen LogP contribution in [0.25, 0.3) is 5.69 Å². The van der Waals surface area contributed by atoms with Gasteiger partial charge >= 0.3 is 5.69 Å². The number of hydrogen-bond donors (Lipinski definition) is 0. The third kappa shape index (κ3) is 7.37. The van der Waals surface area contributed by atoms with E-state index in [1.54, 1.807) is 10.9 Å². The van der Waals surface area contributed by atoms with Crippen LogP contribution in [0.5, 0.6) is 0 Å². The van der Waals surface area contributed by atoms with Gasteiger partial charge in [-0.2, -0.15) is 5.10 Å². The van der Waals surface area contributed by atoms with Crippen LogP contribution in [0.2, 0.25) is 5.02 Å². The average molecular weight is 454 g/mol. The van der Waals surface area contributed by atoms with Gasteiger partial charge in [0.25, 0.3) is 0 Å². The van der Waals surface area contributed by atoms with Gasteiger partial charge in [-0.3, -0.25) is 0 Å². The third-order valence-electron chi connectivity index (χ3n) is 6.04. The van der Waals surface area contributed by atoms with Crippen LogP contribution in [-0.4, -0.2) is 14.3 Å². The average Bonchev–Trinajstić information content (AvgIpc) is 3.17. The Bertz CT molecular complexity index is 991. The lowest BCUT2D eigenvalue weighted by atomic mass is 10.0. The zero-order chi connectivity index (χ0) is 22.6. The number of aryl methyl sites for hydroxylation is 1. The minimum atomic E-state index is -0.160. The molecule has 0 bridgehead atoms. The Morgan fingerprint density at radius 1 is 0.812 bits per heavy atom. The summed E-state index contributed by atoms with van der Waals surface area (Å²) in [6.07, 6.45) is 16.2. The summed E-state index contributed by atoms with van der Waals surface area (Å²) in [6.45, 7) is 2.63. The van der Waals surface area contributed by atoms with Crippen molar-refractivity contribution in [2.45, 2.75) is 84.1 Å². The van der Waals surface area contributed by atoms with E-state index in [9.17, 15) is 4.79 Å². The quantitative estimate of drug-likeness (QED) is 0.242. The zero-order valence-electron chi connectivity index (χ0n) is 19.3. The number of unbranched alkanes of at least 4 members (excludes halogenated alkanes) is 9. The highest BCUT2D eigenvalue weighted by atomic mass is 35.5. The number of rotatable bonds is 14. The van der Waals surface area contributed by atoms with E-state index >= 15 is 0 Å². The van der Waals surface area contributed by atoms with Gasteiger partial charge in [-0.1, -0.05) is 107 Å². The Kier molecular flexibility index (Phi) is 10.1. The van der Waals surface area contributed by atoms with Gasteiger partial charge in [-0.05, 0) is 42.2 Å². The molecule has 1 heterocycles. The van der Waals surface area contributed by atoms with E-state index in [1.165, 1.54) is 74.5 Å². The lowest BCUT2D eigenvalue weighted by Gasteiger charge is -2.05. The highest BCUT2D eigenvalue weighted by Crippen LogP contribution is 2.16. The van der Waals surface area contributed by atoms with Crippen molar-refractivity contribution in [3.8, 4) is 5.69 Å². The minimum absolute atomic E-state index is 0.160. The van der Waals surface area contributed by atoms with E-state index in [-0.39, 0.29) is 5.69 Å². The molecule has 0 spiro atoms. The van der Waals surface area contributed by atoms with Crippen molar-refractivity contribution in [2.24, 2.45) is 0 Å². The normalized spacial score (nSPS) is 11.2.